The van der Waals surface area contributed by atoms with Crippen LogP contribution in [0, 0.1) is 58.2 Å². The van der Waals surface area contributed by atoms with Crippen LogP contribution in [0.25, 0.3) is 0 Å². The van der Waals surface area contributed by atoms with Crippen molar-refractivity contribution in [3.05, 3.63) is 0 Å². The van der Waals surface area contributed by atoms with Gasteiger partial charge in [0.1, 0.15) is 0 Å². The smallest absolute Gasteiger partial charge is 0.0209 e. The van der Waals surface area contributed by atoms with Gasteiger partial charge in [-0.05, 0) is 77.4 Å². The van der Waals surface area contributed by atoms with Crippen LogP contribution >= 0.6 is 0 Å². The molecule has 10 atom stereocenters. The second-order valence-corrected chi connectivity index (χ2v) is 10.2. The van der Waals surface area contributed by atoms with E-state index in [2.05, 4.69) is 55.4 Å². The average molecular weight is 305 g/mol. The Morgan fingerprint density at radius 1 is 0.909 bits per heavy atom. The van der Waals surface area contributed by atoms with Crippen molar-refractivity contribution in [3.8, 4) is 0 Å². The van der Waals surface area contributed by atoms with Gasteiger partial charge >= 0.3 is 0 Å². The highest BCUT2D eigenvalue weighted by molar-refractivity contribution is 5.26. The molecule has 4 aliphatic carbocycles. The average Bonchev–Trinajstić information content (AvgIpc) is 3.03. The Bertz CT molecular complexity index is 426. The van der Waals surface area contributed by atoms with Crippen LogP contribution in [0.1, 0.15) is 81.1 Å². The lowest BCUT2D eigenvalue weighted by atomic mass is 9.34. The summed E-state index contributed by atoms with van der Waals surface area (Å²) in [5.74, 6) is 7.49. The Balaban J connectivity index is 1.67. The molecular formula is C22H40. The normalized spacial score (nSPS) is 49.4. The van der Waals surface area contributed by atoms with Crippen molar-refractivity contribution in [1.29, 1.82) is 0 Å². The van der Waals surface area contributed by atoms with Crippen LogP contribution in [0.15, 0.2) is 0 Å². The number of fused-ring (bicyclic) bond motifs is 1. The van der Waals surface area contributed by atoms with E-state index >= 15 is 0 Å². The lowest BCUT2D eigenvalue weighted by Crippen LogP contribution is -2.63. The van der Waals surface area contributed by atoms with E-state index in [9.17, 15) is 0 Å². The predicted octanol–water partition coefficient (Wildman–Crippen LogP) is 6.65. The minimum atomic E-state index is 0.747. The zero-order valence-corrected chi connectivity index (χ0v) is 16.4. The van der Waals surface area contributed by atoms with Gasteiger partial charge in [-0.1, -0.05) is 61.8 Å². The maximum atomic E-state index is 2.63. The summed E-state index contributed by atoms with van der Waals surface area (Å²) in [6, 6.07) is 0. The lowest BCUT2D eigenvalue weighted by molar-refractivity contribution is -0.218. The summed E-state index contributed by atoms with van der Waals surface area (Å²) < 4.78 is 0. The van der Waals surface area contributed by atoms with E-state index in [0.29, 0.717) is 0 Å². The lowest BCUT2D eigenvalue weighted by Gasteiger charge is -2.70. The van der Waals surface area contributed by atoms with Gasteiger partial charge in [0.2, 0.25) is 0 Å². The molecule has 0 radical (unpaired) electrons. The summed E-state index contributed by atoms with van der Waals surface area (Å²) in [6.07, 6.45) is 5.98. The number of rotatable bonds is 6. The first kappa shape index (κ1) is 16.8. The third-order valence-corrected chi connectivity index (χ3v) is 10.0. The van der Waals surface area contributed by atoms with Crippen LogP contribution < -0.4 is 0 Å². The summed E-state index contributed by atoms with van der Waals surface area (Å²) in [4.78, 5) is 0. The summed E-state index contributed by atoms with van der Waals surface area (Å²) in [5.41, 5.74) is 1.53. The third-order valence-electron chi connectivity index (χ3n) is 10.0. The summed E-state index contributed by atoms with van der Waals surface area (Å²) in [7, 11) is 0. The van der Waals surface area contributed by atoms with Gasteiger partial charge in [0.05, 0.1) is 0 Å². The molecule has 0 amide bonds. The Morgan fingerprint density at radius 2 is 1.55 bits per heavy atom. The molecule has 10 unspecified atom stereocenters. The van der Waals surface area contributed by atoms with E-state index in [-0.39, 0.29) is 0 Å². The van der Waals surface area contributed by atoms with E-state index < -0.39 is 0 Å². The molecule has 0 N–H and O–H groups in total. The molecule has 0 aromatic rings. The molecular weight excluding hydrogens is 264 g/mol. The highest BCUT2D eigenvalue weighted by Gasteiger charge is 2.78. The van der Waals surface area contributed by atoms with E-state index in [1.165, 1.54) is 12.8 Å². The van der Waals surface area contributed by atoms with E-state index in [1.54, 1.807) is 12.8 Å². The van der Waals surface area contributed by atoms with Crippen LogP contribution in [0.4, 0.5) is 0 Å². The van der Waals surface area contributed by atoms with E-state index in [1.807, 2.05) is 0 Å². The zero-order valence-electron chi connectivity index (χ0n) is 16.4. The Morgan fingerprint density at radius 3 is 2.00 bits per heavy atom. The Labute approximate surface area is 139 Å². The minimum Gasteiger partial charge on any atom is -0.0651 e. The highest BCUT2D eigenvalue weighted by Crippen LogP contribution is 2.85. The molecule has 4 aliphatic rings. The topological polar surface area (TPSA) is 0 Å². The van der Waals surface area contributed by atoms with E-state index in [4.69, 9.17) is 0 Å². The van der Waals surface area contributed by atoms with Crippen molar-refractivity contribution in [1.82, 2.24) is 0 Å². The Hall–Kier alpha value is 0. The van der Waals surface area contributed by atoms with E-state index in [0.717, 1.165) is 58.2 Å². The standard InChI is InChI=1S/C22H40/c1-9-13(2)15(4)16(5)17(6)18(7)19-11-22-12-20(19)21(22,8)10-14(22)3/h13-20H,9-12H2,1-8H3. The highest BCUT2D eigenvalue weighted by atomic mass is 14.8. The molecule has 0 nitrogen and oxygen atoms in total. The molecule has 1 spiro atoms. The molecule has 128 valence electrons. The monoisotopic (exact) mass is 304 g/mol. The van der Waals surface area contributed by atoms with Gasteiger partial charge < -0.3 is 0 Å². The second kappa shape index (κ2) is 5.25. The van der Waals surface area contributed by atoms with Crippen molar-refractivity contribution in [2.45, 2.75) is 81.1 Å². The van der Waals surface area contributed by atoms with Gasteiger partial charge in [-0.25, -0.2) is 0 Å². The molecule has 0 aromatic heterocycles. The van der Waals surface area contributed by atoms with Gasteiger partial charge in [0.15, 0.2) is 0 Å². The predicted molar refractivity (Wildman–Crippen MR) is 96.6 cm³/mol. The summed E-state index contributed by atoms with van der Waals surface area (Å²) >= 11 is 0. The fourth-order valence-electron chi connectivity index (χ4n) is 7.40. The fraction of sp³-hybridized carbons (Fsp3) is 1.00. The zero-order chi connectivity index (χ0) is 16.4. The second-order valence-electron chi connectivity index (χ2n) is 10.2. The fourth-order valence-corrected chi connectivity index (χ4v) is 7.40. The van der Waals surface area contributed by atoms with Crippen LogP contribution in [-0.2, 0) is 0 Å². The Kier molecular flexibility index (Phi) is 4.02. The molecule has 0 saturated heterocycles. The first-order valence-corrected chi connectivity index (χ1v) is 10.2. The first-order chi connectivity index (χ1) is 10.2. The van der Waals surface area contributed by atoms with Gasteiger partial charge in [-0.3, -0.25) is 0 Å². The molecule has 0 aliphatic heterocycles. The number of hydrogen-bond donors (Lipinski definition) is 0. The summed E-state index contributed by atoms with van der Waals surface area (Å²) in [6.45, 7) is 20.2. The molecule has 0 heteroatoms. The largest absolute Gasteiger partial charge is 0.0651 e. The van der Waals surface area contributed by atoms with Crippen molar-refractivity contribution in [3.63, 3.8) is 0 Å². The van der Waals surface area contributed by atoms with Crippen LogP contribution in [0.5, 0.6) is 0 Å². The quantitative estimate of drug-likeness (QED) is 0.515. The number of hydrogen-bond acceptors (Lipinski definition) is 0. The maximum absolute atomic E-state index is 2.63. The van der Waals surface area contributed by atoms with Crippen LogP contribution in [0.3, 0.4) is 0 Å². The van der Waals surface area contributed by atoms with Crippen molar-refractivity contribution >= 4 is 0 Å². The van der Waals surface area contributed by atoms with Gasteiger partial charge in [-0.15, -0.1) is 0 Å². The maximum Gasteiger partial charge on any atom is -0.0209 e. The molecule has 0 heterocycles. The van der Waals surface area contributed by atoms with Crippen LogP contribution in [0.2, 0.25) is 0 Å². The molecule has 4 rings (SSSR count). The molecule has 4 fully saturated rings. The molecule has 22 heavy (non-hydrogen) atoms. The van der Waals surface area contributed by atoms with Crippen LogP contribution in [-0.4, -0.2) is 0 Å². The van der Waals surface area contributed by atoms with Gasteiger partial charge in [-0.2, -0.15) is 0 Å². The third kappa shape index (κ3) is 1.88. The van der Waals surface area contributed by atoms with Gasteiger partial charge in [0.25, 0.3) is 0 Å². The molecule has 4 saturated carbocycles. The molecule has 0 aromatic carbocycles. The SMILES string of the molecule is CCC(C)C(C)C(C)C(C)C(C)C1CC23CC1C2(C)CC3C. The molecule has 2 bridgehead atoms. The van der Waals surface area contributed by atoms with Crippen molar-refractivity contribution < 1.29 is 0 Å². The summed E-state index contributed by atoms with van der Waals surface area (Å²) in [5, 5.41) is 0. The minimum absolute atomic E-state index is 0.747. The first-order valence-electron chi connectivity index (χ1n) is 10.2. The van der Waals surface area contributed by atoms with Crippen molar-refractivity contribution in [2.75, 3.05) is 0 Å². The van der Waals surface area contributed by atoms with Gasteiger partial charge in [0, 0.05) is 0 Å². The van der Waals surface area contributed by atoms with Crippen molar-refractivity contribution in [2.24, 2.45) is 58.2 Å².